The molecule has 0 fully saturated rings. The lowest BCUT2D eigenvalue weighted by molar-refractivity contribution is -0.122. The van der Waals surface area contributed by atoms with Gasteiger partial charge in [-0.1, -0.05) is 30.3 Å². The lowest BCUT2D eigenvalue weighted by Gasteiger charge is -2.18. The monoisotopic (exact) mass is 299 g/mol. The molecule has 0 saturated carbocycles. The van der Waals surface area contributed by atoms with Gasteiger partial charge in [0, 0.05) is 0 Å². The van der Waals surface area contributed by atoms with Gasteiger partial charge in [0.05, 0.1) is 12.8 Å². The lowest BCUT2D eigenvalue weighted by Crippen LogP contribution is -2.30. The summed E-state index contributed by atoms with van der Waals surface area (Å²) in [7, 11) is 1.57. The lowest BCUT2D eigenvalue weighted by atomic mass is 10.1. The fraction of sp³-hybridized carbons (Fsp3) is 0.278. The van der Waals surface area contributed by atoms with E-state index in [-0.39, 0.29) is 5.91 Å². The molecule has 0 bridgehead atoms. The Labute approximate surface area is 131 Å². The molecule has 0 aromatic heterocycles. The van der Waals surface area contributed by atoms with Gasteiger partial charge in [0.25, 0.3) is 5.91 Å². The Bertz CT molecular complexity index is 647. The summed E-state index contributed by atoms with van der Waals surface area (Å²) in [5, 5.41) is 2.83. The molecule has 1 atom stereocenters. The summed E-state index contributed by atoms with van der Waals surface area (Å²) in [5.74, 6) is 1.16. The summed E-state index contributed by atoms with van der Waals surface area (Å²) in [5.41, 5.74) is 2.65. The summed E-state index contributed by atoms with van der Waals surface area (Å²) in [6, 6.07) is 13.2. The number of nitrogens with one attached hydrogen (secondary N) is 1. The third-order valence-electron chi connectivity index (χ3n) is 3.44. The van der Waals surface area contributed by atoms with E-state index in [0.29, 0.717) is 11.4 Å². The zero-order valence-electron chi connectivity index (χ0n) is 13.3. The molecule has 1 N–H and O–H groups in total. The Morgan fingerprint density at radius 2 is 1.68 bits per heavy atom. The number of benzene rings is 2. The van der Waals surface area contributed by atoms with Crippen LogP contribution in [0.1, 0.15) is 18.1 Å². The number of anilines is 1. The summed E-state index contributed by atoms with van der Waals surface area (Å²) < 4.78 is 11.1. The molecule has 2 aromatic rings. The number of ether oxygens (including phenoxy) is 2. The highest BCUT2D eigenvalue weighted by Crippen LogP contribution is 2.25. The molecular weight excluding hydrogens is 278 g/mol. The second kappa shape index (κ2) is 6.98. The van der Waals surface area contributed by atoms with Crippen molar-refractivity contribution >= 4 is 11.6 Å². The van der Waals surface area contributed by atoms with E-state index in [1.165, 1.54) is 0 Å². The summed E-state index contributed by atoms with van der Waals surface area (Å²) in [6.07, 6.45) is -0.607. The second-order valence-electron chi connectivity index (χ2n) is 5.17. The molecule has 4 nitrogen and oxygen atoms in total. The van der Waals surface area contributed by atoms with Crippen molar-refractivity contribution in [1.29, 1.82) is 0 Å². The zero-order chi connectivity index (χ0) is 16.1. The average molecular weight is 299 g/mol. The Kier molecular flexibility index (Phi) is 5.04. The topological polar surface area (TPSA) is 47.6 Å². The maximum atomic E-state index is 12.3. The molecule has 0 heterocycles. The fourth-order valence-corrected chi connectivity index (χ4v) is 2.20. The van der Waals surface area contributed by atoms with Crippen molar-refractivity contribution in [2.75, 3.05) is 12.4 Å². The van der Waals surface area contributed by atoms with Crippen molar-refractivity contribution in [3.8, 4) is 11.5 Å². The van der Waals surface area contributed by atoms with Crippen LogP contribution in [0.2, 0.25) is 0 Å². The van der Waals surface area contributed by atoms with E-state index >= 15 is 0 Å². The number of hydrogen-bond acceptors (Lipinski definition) is 3. The Hall–Kier alpha value is -2.49. The highest BCUT2D eigenvalue weighted by atomic mass is 16.5. The van der Waals surface area contributed by atoms with Gasteiger partial charge >= 0.3 is 0 Å². The molecular formula is C18H21NO3. The van der Waals surface area contributed by atoms with Crippen molar-refractivity contribution in [2.24, 2.45) is 0 Å². The molecule has 0 aliphatic heterocycles. The van der Waals surface area contributed by atoms with Crippen molar-refractivity contribution in [3.05, 3.63) is 53.6 Å². The Balaban J connectivity index is 2.10. The first-order valence-corrected chi connectivity index (χ1v) is 7.19. The van der Waals surface area contributed by atoms with Crippen LogP contribution in [0.5, 0.6) is 11.5 Å². The first-order chi connectivity index (χ1) is 10.5. The molecule has 22 heavy (non-hydrogen) atoms. The van der Waals surface area contributed by atoms with E-state index in [2.05, 4.69) is 5.32 Å². The number of methoxy groups -OCH3 is 1. The first kappa shape index (κ1) is 15.9. The number of hydrogen-bond donors (Lipinski definition) is 1. The van der Waals surface area contributed by atoms with E-state index in [1.807, 2.05) is 44.2 Å². The van der Waals surface area contributed by atoms with Gasteiger partial charge in [-0.25, -0.2) is 0 Å². The molecule has 0 radical (unpaired) electrons. The van der Waals surface area contributed by atoms with E-state index in [1.54, 1.807) is 26.2 Å². The maximum absolute atomic E-state index is 12.3. The number of aryl methyl sites for hydroxylation is 2. The van der Waals surface area contributed by atoms with E-state index < -0.39 is 6.10 Å². The summed E-state index contributed by atoms with van der Waals surface area (Å²) in [6.45, 7) is 5.66. The molecule has 0 aliphatic carbocycles. The van der Waals surface area contributed by atoms with E-state index in [9.17, 15) is 4.79 Å². The van der Waals surface area contributed by atoms with E-state index in [0.717, 1.165) is 16.9 Å². The third kappa shape index (κ3) is 3.58. The number of rotatable bonds is 5. The van der Waals surface area contributed by atoms with Crippen LogP contribution in [0.25, 0.3) is 0 Å². The van der Waals surface area contributed by atoms with Crippen LogP contribution in [0.15, 0.2) is 42.5 Å². The molecule has 4 heteroatoms. The quantitative estimate of drug-likeness (QED) is 0.915. The van der Waals surface area contributed by atoms with Crippen molar-refractivity contribution in [2.45, 2.75) is 26.9 Å². The molecule has 1 unspecified atom stereocenters. The van der Waals surface area contributed by atoms with Gasteiger partial charge in [-0.3, -0.25) is 4.79 Å². The highest BCUT2D eigenvalue weighted by molar-refractivity contribution is 5.95. The maximum Gasteiger partial charge on any atom is 0.265 e. The summed E-state index contributed by atoms with van der Waals surface area (Å²) in [4.78, 5) is 12.3. The number of carbonyl (C=O) groups is 1. The number of para-hydroxylation sites is 3. The van der Waals surface area contributed by atoms with Gasteiger partial charge in [-0.15, -0.1) is 0 Å². The minimum atomic E-state index is -0.607. The second-order valence-corrected chi connectivity index (χ2v) is 5.17. The zero-order valence-corrected chi connectivity index (χ0v) is 13.3. The normalized spacial score (nSPS) is 11.6. The molecule has 1 amide bonds. The SMILES string of the molecule is COc1ccccc1NC(=O)C(C)Oc1c(C)cccc1C. The number of carbonyl (C=O) groups excluding carboxylic acids is 1. The van der Waals surface area contributed by atoms with Crippen molar-refractivity contribution in [1.82, 2.24) is 0 Å². The molecule has 2 rings (SSSR count). The fourth-order valence-electron chi connectivity index (χ4n) is 2.20. The van der Waals surface area contributed by atoms with Gasteiger partial charge in [0.15, 0.2) is 6.10 Å². The van der Waals surface area contributed by atoms with Gasteiger partial charge in [-0.2, -0.15) is 0 Å². The molecule has 116 valence electrons. The van der Waals surface area contributed by atoms with E-state index in [4.69, 9.17) is 9.47 Å². The van der Waals surface area contributed by atoms with Gasteiger partial charge < -0.3 is 14.8 Å². The van der Waals surface area contributed by atoms with Crippen molar-refractivity contribution < 1.29 is 14.3 Å². The average Bonchev–Trinajstić information content (AvgIpc) is 2.51. The largest absolute Gasteiger partial charge is 0.495 e. The first-order valence-electron chi connectivity index (χ1n) is 7.19. The van der Waals surface area contributed by atoms with Crippen molar-refractivity contribution in [3.63, 3.8) is 0 Å². The predicted molar refractivity (Wildman–Crippen MR) is 87.6 cm³/mol. The predicted octanol–water partition coefficient (Wildman–Crippen LogP) is 3.72. The highest BCUT2D eigenvalue weighted by Gasteiger charge is 2.18. The summed E-state index contributed by atoms with van der Waals surface area (Å²) >= 11 is 0. The molecule has 0 aliphatic rings. The molecule has 0 spiro atoms. The minimum absolute atomic E-state index is 0.216. The van der Waals surface area contributed by atoms with Crippen LogP contribution in [-0.4, -0.2) is 19.1 Å². The Morgan fingerprint density at radius 3 is 2.32 bits per heavy atom. The van der Waals surface area contributed by atoms with Crippen LogP contribution >= 0.6 is 0 Å². The van der Waals surface area contributed by atoms with Gasteiger partial charge in [0.2, 0.25) is 0 Å². The number of amides is 1. The van der Waals surface area contributed by atoms with Crippen LogP contribution < -0.4 is 14.8 Å². The molecule has 0 saturated heterocycles. The minimum Gasteiger partial charge on any atom is -0.495 e. The van der Waals surface area contributed by atoms with Crippen LogP contribution in [0, 0.1) is 13.8 Å². The van der Waals surface area contributed by atoms with Crippen LogP contribution in [-0.2, 0) is 4.79 Å². The van der Waals surface area contributed by atoms with Crippen LogP contribution in [0.4, 0.5) is 5.69 Å². The van der Waals surface area contributed by atoms with Crippen LogP contribution in [0.3, 0.4) is 0 Å². The van der Waals surface area contributed by atoms with Gasteiger partial charge in [-0.05, 0) is 44.0 Å². The van der Waals surface area contributed by atoms with Gasteiger partial charge in [0.1, 0.15) is 11.5 Å². The smallest absolute Gasteiger partial charge is 0.265 e. The third-order valence-corrected chi connectivity index (χ3v) is 3.44. The Morgan fingerprint density at radius 1 is 1.05 bits per heavy atom. The molecule has 2 aromatic carbocycles. The standard InChI is InChI=1S/C18H21NO3/c1-12-8-7-9-13(2)17(12)22-14(3)18(20)19-15-10-5-6-11-16(15)21-4/h5-11,14H,1-4H3,(H,19,20).